The van der Waals surface area contributed by atoms with E-state index >= 15 is 0 Å². The van der Waals surface area contributed by atoms with Crippen LogP contribution in [0.4, 0.5) is 0 Å². The zero-order valence-corrected chi connectivity index (χ0v) is 8.91. The van der Waals surface area contributed by atoms with Crippen molar-refractivity contribution >= 4 is 12.6 Å². The number of hydrogen-bond acceptors (Lipinski definition) is 3. The number of aromatic nitrogens is 2. The Balaban J connectivity index is 2.18. The molecule has 0 bridgehead atoms. The summed E-state index contributed by atoms with van der Waals surface area (Å²) in [5.41, 5.74) is 0.245. The molecule has 0 amide bonds. The van der Waals surface area contributed by atoms with Crippen LogP contribution in [0.15, 0.2) is 23.4 Å². The zero-order valence-electron chi connectivity index (χ0n) is 8.02. The first kappa shape index (κ1) is 9.77. The maximum absolute atomic E-state index is 11.4. The second-order valence-electron chi connectivity index (χ2n) is 4.05. The SMILES string of the molecule is O=c1cnccn1CC1(CS)CCC1. The van der Waals surface area contributed by atoms with Gasteiger partial charge < -0.3 is 4.57 Å². The molecule has 0 unspecified atom stereocenters. The van der Waals surface area contributed by atoms with Crippen LogP contribution >= 0.6 is 12.6 Å². The number of thiol groups is 1. The highest BCUT2D eigenvalue weighted by atomic mass is 32.1. The fourth-order valence-corrected chi connectivity index (χ4v) is 2.32. The first-order valence-electron chi connectivity index (χ1n) is 4.87. The molecule has 0 saturated heterocycles. The van der Waals surface area contributed by atoms with Crippen molar-refractivity contribution in [2.75, 3.05) is 5.75 Å². The smallest absolute Gasteiger partial charge is 0.269 e. The number of hydrogen-bond donors (Lipinski definition) is 1. The normalized spacial score (nSPS) is 18.9. The molecule has 1 saturated carbocycles. The van der Waals surface area contributed by atoms with Crippen molar-refractivity contribution in [2.45, 2.75) is 25.8 Å². The minimum Gasteiger partial charge on any atom is -0.312 e. The lowest BCUT2D eigenvalue weighted by Gasteiger charge is -2.41. The molecule has 4 heteroatoms. The zero-order chi connectivity index (χ0) is 10.0. The molecule has 1 fully saturated rings. The van der Waals surface area contributed by atoms with Crippen LogP contribution in [-0.2, 0) is 6.54 Å². The molecule has 0 radical (unpaired) electrons. The lowest BCUT2D eigenvalue weighted by molar-refractivity contribution is 0.137. The molecule has 1 aromatic heterocycles. The molecular formula is C10H14N2OS. The summed E-state index contributed by atoms with van der Waals surface area (Å²) in [5.74, 6) is 0.863. The molecule has 1 aliphatic carbocycles. The summed E-state index contributed by atoms with van der Waals surface area (Å²) in [4.78, 5) is 15.2. The fraction of sp³-hybridized carbons (Fsp3) is 0.600. The van der Waals surface area contributed by atoms with E-state index in [4.69, 9.17) is 0 Å². The standard InChI is InChI=1S/C10H14N2OS/c13-9-6-11-4-5-12(9)7-10(8-14)2-1-3-10/h4-6,14H,1-3,7-8H2. The number of nitrogens with zero attached hydrogens (tertiary/aromatic N) is 2. The van der Waals surface area contributed by atoms with Crippen LogP contribution in [0.3, 0.4) is 0 Å². The topological polar surface area (TPSA) is 34.9 Å². The van der Waals surface area contributed by atoms with Crippen LogP contribution in [0.25, 0.3) is 0 Å². The molecule has 76 valence electrons. The molecule has 1 aliphatic rings. The fourth-order valence-electron chi connectivity index (χ4n) is 1.91. The minimum absolute atomic E-state index is 0.0134. The van der Waals surface area contributed by atoms with Crippen molar-refractivity contribution in [3.05, 3.63) is 28.9 Å². The molecule has 0 aromatic carbocycles. The van der Waals surface area contributed by atoms with Gasteiger partial charge in [0, 0.05) is 18.9 Å². The molecule has 0 atom stereocenters. The second kappa shape index (κ2) is 3.77. The van der Waals surface area contributed by atoms with Gasteiger partial charge in [-0.3, -0.25) is 9.78 Å². The quantitative estimate of drug-likeness (QED) is 0.764. The summed E-state index contributed by atoms with van der Waals surface area (Å²) in [6, 6.07) is 0. The third-order valence-corrected chi connectivity index (χ3v) is 3.73. The van der Waals surface area contributed by atoms with Crippen molar-refractivity contribution in [1.29, 1.82) is 0 Å². The third kappa shape index (κ3) is 1.71. The first-order chi connectivity index (χ1) is 6.76. The van der Waals surface area contributed by atoms with E-state index in [1.54, 1.807) is 17.0 Å². The third-order valence-electron chi connectivity index (χ3n) is 3.06. The highest BCUT2D eigenvalue weighted by Crippen LogP contribution is 2.42. The van der Waals surface area contributed by atoms with Crippen molar-refractivity contribution in [2.24, 2.45) is 5.41 Å². The van der Waals surface area contributed by atoms with Gasteiger partial charge in [-0.25, -0.2) is 0 Å². The molecule has 14 heavy (non-hydrogen) atoms. The van der Waals surface area contributed by atoms with Gasteiger partial charge in [0.2, 0.25) is 0 Å². The Morgan fingerprint density at radius 2 is 2.36 bits per heavy atom. The molecule has 1 aromatic rings. The van der Waals surface area contributed by atoms with Gasteiger partial charge in [0.05, 0.1) is 6.20 Å². The van der Waals surface area contributed by atoms with E-state index in [9.17, 15) is 4.79 Å². The average Bonchev–Trinajstić information content (AvgIpc) is 2.14. The van der Waals surface area contributed by atoms with Gasteiger partial charge >= 0.3 is 0 Å². The molecule has 0 spiro atoms. The largest absolute Gasteiger partial charge is 0.312 e. The average molecular weight is 210 g/mol. The summed E-state index contributed by atoms with van der Waals surface area (Å²) in [6.07, 6.45) is 8.42. The predicted molar refractivity (Wildman–Crippen MR) is 58.6 cm³/mol. The molecule has 2 rings (SSSR count). The lowest BCUT2D eigenvalue weighted by atomic mass is 9.70. The van der Waals surface area contributed by atoms with E-state index in [-0.39, 0.29) is 11.0 Å². The van der Waals surface area contributed by atoms with Crippen molar-refractivity contribution in [3.8, 4) is 0 Å². The van der Waals surface area contributed by atoms with E-state index in [2.05, 4.69) is 17.6 Å². The number of rotatable bonds is 3. The van der Waals surface area contributed by atoms with Gasteiger partial charge in [-0.05, 0) is 24.0 Å². The van der Waals surface area contributed by atoms with E-state index in [0.29, 0.717) is 0 Å². The monoisotopic (exact) mass is 210 g/mol. The summed E-state index contributed by atoms with van der Waals surface area (Å²) >= 11 is 4.37. The molecule has 0 aliphatic heterocycles. The van der Waals surface area contributed by atoms with E-state index in [1.807, 2.05) is 0 Å². The van der Waals surface area contributed by atoms with Crippen LogP contribution in [0, 0.1) is 5.41 Å². The van der Waals surface area contributed by atoms with E-state index in [1.165, 1.54) is 25.5 Å². The van der Waals surface area contributed by atoms with Gasteiger partial charge in [-0.1, -0.05) is 6.42 Å². The highest BCUT2D eigenvalue weighted by molar-refractivity contribution is 7.80. The van der Waals surface area contributed by atoms with Crippen LogP contribution in [0.5, 0.6) is 0 Å². The van der Waals surface area contributed by atoms with E-state index < -0.39 is 0 Å². The Morgan fingerprint density at radius 1 is 1.57 bits per heavy atom. The van der Waals surface area contributed by atoms with Crippen molar-refractivity contribution in [1.82, 2.24) is 9.55 Å². The van der Waals surface area contributed by atoms with Gasteiger partial charge in [0.1, 0.15) is 0 Å². The molecule has 1 heterocycles. The van der Waals surface area contributed by atoms with Crippen molar-refractivity contribution in [3.63, 3.8) is 0 Å². The van der Waals surface area contributed by atoms with Crippen LogP contribution in [0.2, 0.25) is 0 Å². The van der Waals surface area contributed by atoms with Crippen LogP contribution < -0.4 is 5.56 Å². The Morgan fingerprint density at radius 3 is 2.86 bits per heavy atom. The molecule has 0 N–H and O–H groups in total. The summed E-state index contributed by atoms with van der Waals surface area (Å²) in [6.45, 7) is 0.790. The van der Waals surface area contributed by atoms with Gasteiger partial charge in [-0.2, -0.15) is 12.6 Å². The Hall–Kier alpha value is -0.770. The predicted octanol–water partition coefficient (Wildman–Crippen LogP) is 1.34. The van der Waals surface area contributed by atoms with E-state index in [0.717, 1.165) is 12.3 Å². The summed E-state index contributed by atoms with van der Waals surface area (Å²) < 4.78 is 1.74. The van der Waals surface area contributed by atoms with Gasteiger partial charge in [-0.15, -0.1) is 0 Å². The van der Waals surface area contributed by atoms with Gasteiger partial charge in [0.15, 0.2) is 0 Å². The molecule has 3 nitrogen and oxygen atoms in total. The Bertz CT molecular complexity index is 365. The van der Waals surface area contributed by atoms with Crippen LogP contribution in [-0.4, -0.2) is 15.3 Å². The van der Waals surface area contributed by atoms with Crippen molar-refractivity contribution < 1.29 is 0 Å². The summed E-state index contributed by atoms with van der Waals surface area (Å²) in [7, 11) is 0. The Labute approximate surface area is 88.6 Å². The minimum atomic E-state index is -0.0134. The van der Waals surface area contributed by atoms with Gasteiger partial charge in [0.25, 0.3) is 5.56 Å². The maximum Gasteiger partial charge on any atom is 0.269 e. The summed E-state index contributed by atoms with van der Waals surface area (Å²) in [5, 5.41) is 0. The maximum atomic E-state index is 11.4. The first-order valence-corrected chi connectivity index (χ1v) is 5.50. The van der Waals surface area contributed by atoms with Crippen LogP contribution in [0.1, 0.15) is 19.3 Å². The molecular weight excluding hydrogens is 196 g/mol. The highest BCUT2D eigenvalue weighted by Gasteiger charge is 2.35. The Kier molecular flexibility index (Phi) is 2.63. The lowest BCUT2D eigenvalue weighted by Crippen LogP contribution is -2.38. The second-order valence-corrected chi connectivity index (χ2v) is 4.37.